The molecule has 0 aromatic heterocycles. The van der Waals surface area contributed by atoms with Gasteiger partial charge in [0.15, 0.2) is 0 Å². The number of aliphatic carboxylic acids is 1. The second kappa shape index (κ2) is 5.72. The van der Waals surface area contributed by atoms with Crippen LogP contribution in [0.5, 0.6) is 0 Å². The Morgan fingerprint density at radius 3 is 2.30 bits per heavy atom. The van der Waals surface area contributed by atoms with Crippen molar-refractivity contribution in [2.24, 2.45) is 17.8 Å². The first-order valence-electron chi connectivity index (χ1n) is 7.54. The van der Waals surface area contributed by atoms with Gasteiger partial charge >= 0.3 is 5.97 Å². The molecule has 2 rings (SSSR count). The van der Waals surface area contributed by atoms with Crippen LogP contribution in [0.3, 0.4) is 0 Å². The van der Waals surface area contributed by atoms with Gasteiger partial charge in [0.05, 0.1) is 11.8 Å². The van der Waals surface area contributed by atoms with Gasteiger partial charge in [0.25, 0.3) is 0 Å². The maximum absolute atomic E-state index is 12.3. The summed E-state index contributed by atoms with van der Waals surface area (Å²) in [4.78, 5) is 25.8. The predicted octanol–water partition coefficient (Wildman–Crippen LogP) is 1.33. The van der Waals surface area contributed by atoms with Crippen molar-refractivity contribution in [1.29, 1.82) is 0 Å². The molecule has 1 unspecified atom stereocenters. The van der Waals surface area contributed by atoms with Crippen LogP contribution in [-0.4, -0.2) is 48.1 Å². The van der Waals surface area contributed by atoms with Gasteiger partial charge in [0.1, 0.15) is 0 Å². The zero-order chi connectivity index (χ0) is 14.9. The maximum atomic E-state index is 12.3. The summed E-state index contributed by atoms with van der Waals surface area (Å²) < 4.78 is 0. The summed E-state index contributed by atoms with van der Waals surface area (Å²) in [7, 11) is 4.09. The summed E-state index contributed by atoms with van der Waals surface area (Å²) in [5.74, 6) is -1.46. The van der Waals surface area contributed by atoms with Gasteiger partial charge in [0.2, 0.25) is 5.91 Å². The van der Waals surface area contributed by atoms with E-state index < -0.39 is 11.9 Å². The van der Waals surface area contributed by atoms with E-state index >= 15 is 0 Å². The number of rotatable bonds is 5. The molecule has 2 N–H and O–H groups in total. The Morgan fingerprint density at radius 2 is 1.85 bits per heavy atom. The van der Waals surface area contributed by atoms with Gasteiger partial charge in [-0.2, -0.15) is 0 Å². The Hall–Kier alpha value is -1.10. The molecule has 0 spiro atoms. The Bertz CT molecular complexity index is 391. The van der Waals surface area contributed by atoms with Gasteiger partial charge in [-0.05, 0) is 52.1 Å². The van der Waals surface area contributed by atoms with Crippen LogP contribution in [0.15, 0.2) is 0 Å². The second-order valence-corrected chi connectivity index (χ2v) is 6.82. The lowest BCUT2D eigenvalue weighted by molar-refractivity contribution is -0.146. The third-order valence-corrected chi connectivity index (χ3v) is 5.28. The van der Waals surface area contributed by atoms with E-state index in [1.54, 1.807) is 0 Å². The molecule has 2 saturated carbocycles. The number of nitrogens with zero attached hydrogens (tertiary/aromatic N) is 1. The van der Waals surface area contributed by atoms with Crippen molar-refractivity contribution in [1.82, 2.24) is 10.2 Å². The van der Waals surface area contributed by atoms with Gasteiger partial charge in [0, 0.05) is 12.1 Å². The van der Waals surface area contributed by atoms with E-state index in [2.05, 4.69) is 10.2 Å². The summed E-state index contributed by atoms with van der Waals surface area (Å²) in [6, 6.07) is 0. The number of likely N-dealkylation sites (N-methyl/N-ethyl adjacent to an activating group) is 1. The first kappa shape index (κ1) is 15.3. The fraction of sp³-hybridized carbons (Fsp3) is 0.867. The molecule has 2 aliphatic rings. The van der Waals surface area contributed by atoms with E-state index in [0.29, 0.717) is 25.3 Å². The van der Waals surface area contributed by atoms with E-state index in [0.717, 1.165) is 12.8 Å². The van der Waals surface area contributed by atoms with Gasteiger partial charge in [-0.25, -0.2) is 0 Å². The fourth-order valence-electron chi connectivity index (χ4n) is 3.60. The van der Waals surface area contributed by atoms with Crippen molar-refractivity contribution < 1.29 is 14.7 Å². The highest BCUT2D eigenvalue weighted by Gasteiger charge is 2.43. The molecule has 114 valence electrons. The lowest BCUT2D eigenvalue weighted by Crippen LogP contribution is -2.57. The average Bonchev–Trinajstić information content (AvgIpc) is 2.69. The van der Waals surface area contributed by atoms with E-state index in [-0.39, 0.29) is 17.4 Å². The molecule has 20 heavy (non-hydrogen) atoms. The van der Waals surface area contributed by atoms with Crippen LogP contribution in [-0.2, 0) is 9.59 Å². The lowest BCUT2D eigenvalue weighted by Gasteiger charge is -2.47. The van der Waals surface area contributed by atoms with Crippen LogP contribution in [0.25, 0.3) is 0 Å². The van der Waals surface area contributed by atoms with E-state index in [4.69, 9.17) is 0 Å². The summed E-state index contributed by atoms with van der Waals surface area (Å²) in [6.07, 6.45) is 4.71. The zero-order valence-corrected chi connectivity index (χ0v) is 12.7. The summed E-state index contributed by atoms with van der Waals surface area (Å²) in [5, 5.41) is 12.2. The second-order valence-electron chi connectivity index (χ2n) is 6.82. The Morgan fingerprint density at radius 1 is 1.25 bits per heavy atom. The highest BCUT2D eigenvalue weighted by Crippen LogP contribution is 2.38. The smallest absolute Gasteiger partial charge is 0.307 e. The summed E-state index contributed by atoms with van der Waals surface area (Å²) >= 11 is 0. The van der Waals surface area contributed by atoms with Gasteiger partial charge in [-0.3, -0.25) is 9.59 Å². The minimum Gasteiger partial charge on any atom is -0.481 e. The molecule has 2 fully saturated rings. The molecule has 0 bridgehead atoms. The number of hydrogen-bond donors (Lipinski definition) is 2. The predicted molar refractivity (Wildman–Crippen MR) is 76.3 cm³/mol. The van der Waals surface area contributed by atoms with Crippen LogP contribution in [0.2, 0.25) is 0 Å². The quantitative estimate of drug-likeness (QED) is 0.798. The van der Waals surface area contributed by atoms with Crippen molar-refractivity contribution in [3.05, 3.63) is 0 Å². The van der Waals surface area contributed by atoms with Crippen LogP contribution in [0, 0.1) is 17.8 Å². The molecule has 0 radical (unpaired) electrons. The molecule has 1 amide bonds. The van der Waals surface area contributed by atoms with E-state index in [1.807, 2.05) is 21.0 Å². The minimum absolute atomic E-state index is 0.0742. The molecule has 0 aliphatic heterocycles. The molecule has 2 aliphatic carbocycles. The van der Waals surface area contributed by atoms with Gasteiger partial charge < -0.3 is 15.3 Å². The molecule has 0 saturated heterocycles. The highest BCUT2D eigenvalue weighted by atomic mass is 16.4. The molecule has 0 aromatic carbocycles. The van der Waals surface area contributed by atoms with Crippen molar-refractivity contribution in [2.45, 2.75) is 44.6 Å². The first-order valence-corrected chi connectivity index (χ1v) is 7.54. The SMILES string of the molecule is CC1C[C@H](C(=O)NCC2(N(C)C)CCC2)[C@H](C(=O)O)C1. The third-order valence-electron chi connectivity index (χ3n) is 5.28. The van der Waals surface area contributed by atoms with Crippen molar-refractivity contribution in [2.75, 3.05) is 20.6 Å². The molecule has 3 atom stereocenters. The first-order chi connectivity index (χ1) is 9.35. The monoisotopic (exact) mass is 282 g/mol. The highest BCUT2D eigenvalue weighted by molar-refractivity contribution is 5.85. The van der Waals surface area contributed by atoms with Gasteiger partial charge in [-0.15, -0.1) is 0 Å². The van der Waals surface area contributed by atoms with Gasteiger partial charge in [-0.1, -0.05) is 6.92 Å². The van der Waals surface area contributed by atoms with Crippen molar-refractivity contribution in [3.8, 4) is 0 Å². The van der Waals surface area contributed by atoms with Crippen molar-refractivity contribution in [3.63, 3.8) is 0 Å². The Kier molecular flexibility index (Phi) is 4.37. The molecule has 5 heteroatoms. The number of carboxylic acid groups (broad SMARTS) is 1. The number of hydrogen-bond acceptors (Lipinski definition) is 3. The normalized spacial score (nSPS) is 31.9. The number of amides is 1. The summed E-state index contributed by atoms with van der Waals surface area (Å²) in [6.45, 7) is 2.66. The third kappa shape index (κ3) is 2.82. The number of carboxylic acids is 1. The van der Waals surface area contributed by atoms with Crippen LogP contribution in [0.1, 0.15) is 39.0 Å². The molecular formula is C15H26N2O3. The van der Waals surface area contributed by atoms with Crippen LogP contribution < -0.4 is 5.32 Å². The zero-order valence-electron chi connectivity index (χ0n) is 12.7. The standard InChI is InChI=1S/C15H26N2O3/c1-10-7-11(12(8-10)14(19)20)13(18)16-9-15(17(2)3)5-4-6-15/h10-12H,4-9H2,1-3H3,(H,16,18)(H,19,20)/t10?,11-,12+/m0/s1. The van der Waals surface area contributed by atoms with E-state index in [1.165, 1.54) is 6.42 Å². The average molecular weight is 282 g/mol. The maximum Gasteiger partial charge on any atom is 0.307 e. The Balaban J connectivity index is 1.93. The number of carbonyl (C=O) groups excluding carboxylic acids is 1. The molecule has 0 heterocycles. The number of nitrogens with one attached hydrogen (secondary N) is 1. The minimum atomic E-state index is -0.833. The Labute approximate surface area is 120 Å². The lowest BCUT2D eigenvalue weighted by atomic mass is 9.75. The largest absolute Gasteiger partial charge is 0.481 e. The van der Waals surface area contributed by atoms with Crippen LogP contribution in [0.4, 0.5) is 0 Å². The molecule has 0 aromatic rings. The molecule has 5 nitrogen and oxygen atoms in total. The molecular weight excluding hydrogens is 256 g/mol. The fourth-order valence-corrected chi connectivity index (χ4v) is 3.60. The van der Waals surface area contributed by atoms with Crippen LogP contribution >= 0.6 is 0 Å². The van der Waals surface area contributed by atoms with E-state index in [9.17, 15) is 14.7 Å². The summed E-state index contributed by atoms with van der Waals surface area (Å²) in [5.41, 5.74) is 0.0819. The van der Waals surface area contributed by atoms with Crippen molar-refractivity contribution >= 4 is 11.9 Å². The topological polar surface area (TPSA) is 69.6 Å². The number of carbonyl (C=O) groups is 2.